The number of hydrogen-bond donors (Lipinski definition) is 1. The first-order valence-electron chi connectivity index (χ1n) is 6.46. The van der Waals surface area contributed by atoms with Gasteiger partial charge in [0.15, 0.2) is 0 Å². The van der Waals surface area contributed by atoms with E-state index >= 15 is 0 Å². The highest BCUT2D eigenvalue weighted by atomic mass is 16.5. The van der Waals surface area contributed by atoms with Gasteiger partial charge >= 0.3 is 0 Å². The van der Waals surface area contributed by atoms with Gasteiger partial charge in [-0.2, -0.15) is 5.10 Å². The predicted octanol–water partition coefficient (Wildman–Crippen LogP) is 1.51. The van der Waals surface area contributed by atoms with Gasteiger partial charge in [-0.05, 0) is 33.3 Å². The smallest absolute Gasteiger partial charge is 0.221 e. The molecule has 1 aromatic heterocycles. The van der Waals surface area contributed by atoms with Crippen LogP contribution in [0.3, 0.4) is 0 Å². The van der Waals surface area contributed by atoms with E-state index in [2.05, 4.69) is 10.4 Å². The van der Waals surface area contributed by atoms with E-state index in [1.165, 1.54) is 0 Å². The van der Waals surface area contributed by atoms with E-state index in [1.807, 2.05) is 33.0 Å². The van der Waals surface area contributed by atoms with E-state index in [0.717, 1.165) is 12.1 Å². The lowest BCUT2D eigenvalue weighted by atomic mass is 10.3. The van der Waals surface area contributed by atoms with Gasteiger partial charge in [0, 0.05) is 32.3 Å². The highest BCUT2D eigenvalue weighted by Crippen LogP contribution is 1.95. The quantitative estimate of drug-likeness (QED) is 0.715. The van der Waals surface area contributed by atoms with Crippen molar-refractivity contribution in [3.8, 4) is 0 Å². The molecule has 1 amide bonds. The van der Waals surface area contributed by atoms with Gasteiger partial charge in [-0.15, -0.1) is 0 Å². The molecule has 0 atom stereocenters. The average molecular weight is 253 g/mol. The van der Waals surface area contributed by atoms with Gasteiger partial charge in [-0.25, -0.2) is 0 Å². The molecule has 0 saturated heterocycles. The molecule has 1 aromatic rings. The fraction of sp³-hybridized carbons (Fsp3) is 0.692. The number of ether oxygens (including phenoxy) is 1. The number of aromatic nitrogens is 2. The third-order valence-electron chi connectivity index (χ3n) is 2.44. The van der Waals surface area contributed by atoms with Crippen LogP contribution in [0.1, 0.15) is 32.4 Å². The number of nitrogens with one attached hydrogen (secondary N) is 1. The van der Waals surface area contributed by atoms with E-state index in [0.29, 0.717) is 26.1 Å². The van der Waals surface area contributed by atoms with Crippen molar-refractivity contribution in [3.63, 3.8) is 0 Å². The molecular weight excluding hydrogens is 230 g/mol. The summed E-state index contributed by atoms with van der Waals surface area (Å²) in [5.74, 6) is 0.0627. The van der Waals surface area contributed by atoms with Crippen molar-refractivity contribution < 1.29 is 9.53 Å². The molecule has 1 heterocycles. The van der Waals surface area contributed by atoms with Crippen molar-refractivity contribution in [2.75, 3.05) is 13.2 Å². The maximum atomic E-state index is 11.5. The number of nitrogens with zero attached hydrogens (tertiary/aromatic N) is 2. The maximum Gasteiger partial charge on any atom is 0.221 e. The highest BCUT2D eigenvalue weighted by Gasteiger charge is 2.02. The monoisotopic (exact) mass is 253 g/mol. The molecule has 1 N–H and O–H groups in total. The fourth-order valence-electron chi connectivity index (χ4n) is 1.51. The zero-order valence-electron chi connectivity index (χ0n) is 11.5. The lowest BCUT2D eigenvalue weighted by Crippen LogP contribution is -2.26. The van der Waals surface area contributed by atoms with Crippen molar-refractivity contribution in [1.29, 1.82) is 0 Å². The molecule has 0 fully saturated rings. The first-order valence-corrected chi connectivity index (χ1v) is 6.46. The van der Waals surface area contributed by atoms with Gasteiger partial charge in [0.05, 0.1) is 11.8 Å². The summed E-state index contributed by atoms with van der Waals surface area (Å²) >= 11 is 0. The molecule has 5 heteroatoms. The third kappa shape index (κ3) is 6.39. The SMILES string of the molecule is Cc1ccn(CCC(=O)NCCCOC(C)C)n1. The standard InChI is InChI=1S/C13H23N3O2/c1-11(2)18-10-4-7-14-13(17)6-9-16-8-5-12(3)15-16/h5,8,11H,4,6-7,9-10H2,1-3H3,(H,14,17). The van der Waals surface area contributed by atoms with Crippen LogP contribution in [-0.4, -0.2) is 34.9 Å². The summed E-state index contributed by atoms with van der Waals surface area (Å²) in [6.07, 6.45) is 3.46. The zero-order valence-corrected chi connectivity index (χ0v) is 11.5. The molecule has 0 saturated carbocycles. The van der Waals surface area contributed by atoms with Crippen LogP contribution in [0.5, 0.6) is 0 Å². The Balaban J connectivity index is 2.04. The summed E-state index contributed by atoms with van der Waals surface area (Å²) in [5.41, 5.74) is 0.973. The van der Waals surface area contributed by atoms with Gasteiger partial charge in [-0.3, -0.25) is 9.48 Å². The van der Waals surface area contributed by atoms with Crippen LogP contribution in [0.15, 0.2) is 12.3 Å². The average Bonchev–Trinajstić information content (AvgIpc) is 2.71. The van der Waals surface area contributed by atoms with Crippen LogP contribution in [0.4, 0.5) is 0 Å². The maximum absolute atomic E-state index is 11.5. The van der Waals surface area contributed by atoms with Gasteiger partial charge in [-0.1, -0.05) is 0 Å². The minimum Gasteiger partial charge on any atom is -0.379 e. The number of amides is 1. The van der Waals surface area contributed by atoms with Crippen LogP contribution < -0.4 is 5.32 Å². The largest absolute Gasteiger partial charge is 0.379 e. The van der Waals surface area contributed by atoms with Crippen molar-refractivity contribution in [2.45, 2.75) is 46.3 Å². The van der Waals surface area contributed by atoms with E-state index in [4.69, 9.17) is 4.74 Å². The summed E-state index contributed by atoms with van der Waals surface area (Å²) < 4.78 is 7.18. The summed E-state index contributed by atoms with van der Waals surface area (Å²) in [7, 11) is 0. The lowest BCUT2D eigenvalue weighted by molar-refractivity contribution is -0.121. The molecule has 0 aliphatic heterocycles. The molecule has 5 nitrogen and oxygen atoms in total. The number of carbonyl (C=O) groups excluding carboxylic acids is 1. The fourth-order valence-corrected chi connectivity index (χ4v) is 1.51. The van der Waals surface area contributed by atoms with Crippen LogP contribution in [0.2, 0.25) is 0 Å². The summed E-state index contributed by atoms with van der Waals surface area (Å²) in [6.45, 7) is 7.93. The minimum absolute atomic E-state index is 0.0627. The highest BCUT2D eigenvalue weighted by molar-refractivity contribution is 5.75. The Morgan fingerprint density at radius 2 is 2.33 bits per heavy atom. The van der Waals surface area contributed by atoms with Gasteiger partial charge < -0.3 is 10.1 Å². The normalized spacial score (nSPS) is 10.9. The van der Waals surface area contributed by atoms with Crippen molar-refractivity contribution in [3.05, 3.63) is 18.0 Å². The van der Waals surface area contributed by atoms with E-state index in [1.54, 1.807) is 4.68 Å². The molecule has 1 rings (SSSR count). The second-order valence-corrected chi connectivity index (χ2v) is 4.59. The molecule has 0 bridgehead atoms. The minimum atomic E-state index is 0.0627. The van der Waals surface area contributed by atoms with Crippen molar-refractivity contribution >= 4 is 5.91 Å². The lowest BCUT2D eigenvalue weighted by Gasteiger charge is -2.08. The summed E-state index contributed by atoms with van der Waals surface area (Å²) in [6, 6.07) is 1.93. The van der Waals surface area contributed by atoms with E-state index in [-0.39, 0.29) is 12.0 Å². The van der Waals surface area contributed by atoms with Crippen LogP contribution in [0.25, 0.3) is 0 Å². The third-order valence-corrected chi connectivity index (χ3v) is 2.44. The van der Waals surface area contributed by atoms with E-state index < -0.39 is 0 Å². The second-order valence-electron chi connectivity index (χ2n) is 4.59. The first kappa shape index (κ1) is 14.7. The molecule has 0 spiro atoms. The molecule has 18 heavy (non-hydrogen) atoms. The Labute approximate surface area is 109 Å². The first-order chi connectivity index (χ1) is 8.58. The Kier molecular flexibility index (Phi) is 6.43. The Hall–Kier alpha value is -1.36. The molecule has 0 aromatic carbocycles. The Morgan fingerprint density at radius 3 is 2.94 bits per heavy atom. The number of aryl methyl sites for hydroxylation is 2. The van der Waals surface area contributed by atoms with E-state index in [9.17, 15) is 4.79 Å². The molecule has 0 aliphatic carbocycles. The van der Waals surface area contributed by atoms with Crippen LogP contribution in [-0.2, 0) is 16.1 Å². The zero-order chi connectivity index (χ0) is 13.4. The predicted molar refractivity (Wildman–Crippen MR) is 70.3 cm³/mol. The van der Waals surface area contributed by atoms with Gasteiger partial charge in [0.25, 0.3) is 0 Å². The van der Waals surface area contributed by atoms with Crippen LogP contribution in [0, 0.1) is 6.92 Å². The van der Waals surface area contributed by atoms with Crippen LogP contribution >= 0.6 is 0 Å². The summed E-state index contributed by atoms with van der Waals surface area (Å²) in [4.78, 5) is 11.5. The number of hydrogen-bond acceptors (Lipinski definition) is 3. The summed E-state index contributed by atoms with van der Waals surface area (Å²) in [5, 5.41) is 7.10. The van der Waals surface area contributed by atoms with Crippen molar-refractivity contribution in [1.82, 2.24) is 15.1 Å². The Morgan fingerprint density at radius 1 is 1.56 bits per heavy atom. The number of rotatable bonds is 8. The van der Waals surface area contributed by atoms with Gasteiger partial charge in [0.1, 0.15) is 0 Å². The van der Waals surface area contributed by atoms with Gasteiger partial charge in [0.2, 0.25) is 5.91 Å². The molecule has 0 unspecified atom stereocenters. The topological polar surface area (TPSA) is 56.2 Å². The molecular formula is C13H23N3O2. The molecule has 0 aliphatic rings. The second kappa shape index (κ2) is 7.87. The molecule has 0 radical (unpaired) electrons. The van der Waals surface area contributed by atoms with Crippen molar-refractivity contribution in [2.24, 2.45) is 0 Å². The number of carbonyl (C=O) groups is 1. The molecule has 102 valence electrons. The Bertz CT molecular complexity index is 361.